The number of hydrogen-bond donors (Lipinski definition) is 3. The van der Waals surface area contributed by atoms with Crippen LogP contribution in [0.3, 0.4) is 0 Å². The zero-order valence-corrected chi connectivity index (χ0v) is 16.0. The highest BCUT2D eigenvalue weighted by molar-refractivity contribution is 7.89. The van der Waals surface area contributed by atoms with Crippen molar-refractivity contribution in [2.24, 2.45) is 4.99 Å². The third-order valence-electron chi connectivity index (χ3n) is 3.58. The first-order valence-corrected chi connectivity index (χ1v) is 10.2. The number of aromatic nitrogens is 1. The van der Waals surface area contributed by atoms with Gasteiger partial charge in [0.1, 0.15) is 10.7 Å². The maximum absolute atomic E-state index is 12.9. The van der Waals surface area contributed by atoms with Gasteiger partial charge in [0.25, 0.3) is 0 Å². The number of aliphatic imine (C=N–C) groups is 1. The van der Waals surface area contributed by atoms with Crippen LogP contribution < -0.4 is 15.4 Å². The Balaban J connectivity index is 1.79. The lowest BCUT2D eigenvalue weighted by atomic mass is 10.1. The summed E-state index contributed by atoms with van der Waals surface area (Å²) >= 11 is 0. The van der Waals surface area contributed by atoms with E-state index in [0.717, 1.165) is 12.0 Å². The first kappa shape index (κ1) is 20.8. The summed E-state index contributed by atoms with van der Waals surface area (Å²) in [6, 6.07) is 9.41. The molecule has 1 aromatic carbocycles. The highest BCUT2D eigenvalue weighted by Crippen LogP contribution is 2.04. The number of benzene rings is 1. The van der Waals surface area contributed by atoms with Gasteiger partial charge >= 0.3 is 0 Å². The minimum atomic E-state index is -3.58. The number of guanidine groups is 1. The zero-order chi connectivity index (χ0) is 19.5. The number of hydrogen-bond acceptors (Lipinski definition) is 4. The maximum atomic E-state index is 12.9. The van der Waals surface area contributed by atoms with Crippen molar-refractivity contribution in [3.63, 3.8) is 0 Å². The number of rotatable bonds is 9. The van der Waals surface area contributed by atoms with Crippen LogP contribution in [-0.2, 0) is 16.4 Å². The van der Waals surface area contributed by atoms with Crippen molar-refractivity contribution < 1.29 is 12.8 Å². The van der Waals surface area contributed by atoms with E-state index in [2.05, 4.69) is 25.3 Å². The van der Waals surface area contributed by atoms with E-state index in [1.165, 1.54) is 30.6 Å². The maximum Gasteiger partial charge on any atom is 0.242 e. The molecule has 2 aromatic rings. The molecule has 27 heavy (non-hydrogen) atoms. The van der Waals surface area contributed by atoms with Crippen LogP contribution in [0.25, 0.3) is 0 Å². The van der Waals surface area contributed by atoms with Gasteiger partial charge in [-0.25, -0.2) is 17.5 Å². The molecule has 0 radical (unpaired) electrons. The molecule has 0 aliphatic heterocycles. The van der Waals surface area contributed by atoms with Crippen LogP contribution in [0.15, 0.2) is 58.7 Å². The molecule has 0 fully saturated rings. The Morgan fingerprint density at radius 1 is 1.15 bits per heavy atom. The Morgan fingerprint density at radius 2 is 1.93 bits per heavy atom. The fraction of sp³-hybridized carbons (Fsp3) is 0.333. The molecule has 2 rings (SSSR count). The first-order valence-electron chi connectivity index (χ1n) is 8.67. The normalized spacial score (nSPS) is 12.0. The minimum Gasteiger partial charge on any atom is -0.357 e. The summed E-state index contributed by atoms with van der Waals surface area (Å²) in [5.74, 6) is 0.343. The second-order valence-electron chi connectivity index (χ2n) is 5.65. The van der Waals surface area contributed by atoms with Crippen molar-refractivity contribution in [3.05, 3.63) is 60.2 Å². The van der Waals surface area contributed by atoms with E-state index in [4.69, 9.17) is 0 Å². The van der Waals surface area contributed by atoms with E-state index >= 15 is 0 Å². The number of pyridine rings is 1. The van der Waals surface area contributed by atoms with Crippen LogP contribution >= 0.6 is 0 Å². The van der Waals surface area contributed by atoms with Gasteiger partial charge in [-0.1, -0.05) is 12.1 Å². The van der Waals surface area contributed by atoms with Crippen LogP contribution in [0.1, 0.15) is 12.5 Å². The quantitative estimate of drug-likeness (QED) is 0.339. The predicted molar refractivity (Wildman–Crippen MR) is 104 cm³/mol. The molecule has 0 saturated carbocycles. The summed E-state index contributed by atoms with van der Waals surface area (Å²) < 4.78 is 39.6. The summed E-state index contributed by atoms with van der Waals surface area (Å²) in [5.41, 5.74) is 1.02. The van der Waals surface area contributed by atoms with Crippen LogP contribution in [0, 0.1) is 5.82 Å². The van der Waals surface area contributed by atoms with Gasteiger partial charge < -0.3 is 10.6 Å². The number of nitrogens with one attached hydrogen (secondary N) is 3. The Hall–Kier alpha value is -2.52. The Kier molecular flexibility index (Phi) is 8.15. The Morgan fingerprint density at radius 3 is 2.59 bits per heavy atom. The van der Waals surface area contributed by atoms with Gasteiger partial charge in [-0.2, -0.15) is 0 Å². The van der Waals surface area contributed by atoms with E-state index in [0.29, 0.717) is 19.0 Å². The van der Waals surface area contributed by atoms with Crippen molar-refractivity contribution in [2.45, 2.75) is 18.2 Å². The monoisotopic (exact) mass is 393 g/mol. The smallest absolute Gasteiger partial charge is 0.242 e. The van der Waals surface area contributed by atoms with Gasteiger partial charge in [0.2, 0.25) is 10.0 Å². The molecular weight excluding hydrogens is 369 g/mol. The average Bonchev–Trinajstić information content (AvgIpc) is 2.67. The van der Waals surface area contributed by atoms with Gasteiger partial charge in [-0.05, 0) is 43.2 Å². The average molecular weight is 393 g/mol. The van der Waals surface area contributed by atoms with Gasteiger partial charge in [-0.15, -0.1) is 0 Å². The topological polar surface area (TPSA) is 95.5 Å². The van der Waals surface area contributed by atoms with E-state index in [1.54, 1.807) is 18.2 Å². The first-order chi connectivity index (χ1) is 13.0. The van der Waals surface area contributed by atoms with Crippen LogP contribution in [0.5, 0.6) is 0 Å². The van der Waals surface area contributed by atoms with Gasteiger partial charge in [0.05, 0.1) is 6.54 Å². The molecule has 7 nitrogen and oxygen atoms in total. The zero-order valence-electron chi connectivity index (χ0n) is 15.2. The highest BCUT2D eigenvalue weighted by atomic mass is 32.2. The SMILES string of the molecule is CCNC(=NCCNS(=O)(=O)c1cccnc1)NCCc1ccc(F)cc1. The molecule has 0 saturated heterocycles. The molecule has 1 heterocycles. The van der Waals surface area contributed by atoms with Crippen LogP contribution in [0.2, 0.25) is 0 Å². The summed E-state index contributed by atoms with van der Waals surface area (Å²) in [4.78, 5) is 8.28. The van der Waals surface area contributed by atoms with Crippen molar-refractivity contribution in [2.75, 3.05) is 26.2 Å². The lowest BCUT2D eigenvalue weighted by Crippen LogP contribution is -2.39. The van der Waals surface area contributed by atoms with E-state index in [9.17, 15) is 12.8 Å². The van der Waals surface area contributed by atoms with E-state index in [1.807, 2.05) is 6.92 Å². The number of sulfonamides is 1. The van der Waals surface area contributed by atoms with Crippen molar-refractivity contribution in [1.29, 1.82) is 0 Å². The van der Waals surface area contributed by atoms with Crippen molar-refractivity contribution in [3.8, 4) is 0 Å². The van der Waals surface area contributed by atoms with Gasteiger partial charge in [0.15, 0.2) is 5.96 Å². The lowest BCUT2D eigenvalue weighted by Gasteiger charge is -2.11. The molecule has 9 heteroatoms. The largest absolute Gasteiger partial charge is 0.357 e. The number of nitrogens with zero attached hydrogens (tertiary/aromatic N) is 2. The van der Waals surface area contributed by atoms with E-state index < -0.39 is 10.0 Å². The molecule has 0 aliphatic rings. The fourth-order valence-electron chi connectivity index (χ4n) is 2.26. The molecule has 146 valence electrons. The molecule has 0 aliphatic carbocycles. The van der Waals surface area contributed by atoms with Crippen LogP contribution in [-0.4, -0.2) is 45.5 Å². The molecular formula is C18H24FN5O2S. The standard InChI is InChI=1S/C18H24FN5O2S/c1-2-21-18(22-11-9-15-5-7-16(19)8-6-15)23-12-13-24-27(25,26)17-4-3-10-20-14-17/h3-8,10,14,24H,2,9,11-13H2,1H3,(H2,21,22,23). The molecule has 0 unspecified atom stereocenters. The Bertz CT molecular complexity index is 827. The van der Waals surface area contributed by atoms with Gasteiger partial charge in [0, 0.05) is 32.0 Å². The molecule has 0 atom stereocenters. The second-order valence-corrected chi connectivity index (χ2v) is 7.42. The molecule has 1 aromatic heterocycles. The molecule has 3 N–H and O–H groups in total. The summed E-state index contributed by atoms with van der Waals surface area (Å²) in [7, 11) is -3.58. The summed E-state index contributed by atoms with van der Waals surface area (Å²) in [6.45, 7) is 3.71. The van der Waals surface area contributed by atoms with E-state index in [-0.39, 0.29) is 23.8 Å². The highest BCUT2D eigenvalue weighted by Gasteiger charge is 2.12. The fourth-order valence-corrected chi connectivity index (χ4v) is 3.24. The minimum absolute atomic E-state index is 0.123. The number of halogens is 1. The van der Waals surface area contributed by atoms with Crippen LogP contribution in [0.4, 0.5) is 4.39 Å². The van der Waals surface area contributed by atoms with Crippen molar-refractivity contribution >= 4 is 16.0 Å². The summed E-state index contributed by atoms with van der Waals surface area (Å²) in [6.07, 6.45) is 3.54. The molecule has 0 amide bonds. The third kappa shape index (κ3) is 7.32. The predicted octanol–water partition coefficient (Wildman–Crippen LogP) is 1.30. The van der Waals surface area contributed by atoms with Gasteiger partial charge in [-0.3, -0.25) is 9.98 Å². The molecule has 0 bridgehead atoms. The third-order valence-corrected chi connectivity index (χ3v) is 5.03. The Labute approximate surface area is 159 Å². The summed E-state index contributed by atoms with van der Waals surface area (Å²) in [5, 5.41) is 6.27. The lowest BCUT2D eigenvalue weighted by molar-refractivity contribution is 0.581. The second kappa shape index (κ2) is 10.6. The molecule has 0 spiro atoms. The van der Waals surface area contributed by atoms with Crippen molar-refractivity contribution in [1.82, 2.24) is 20.3 Å².